The van der Waals surface area contributed by atoms with E-state index in [1.807, 2.05) is 35.7 Å². The number of H-pyrrole nitrogens is 1. The molecule has 0 spiro atoms. The van der Waals surface area contributed by atoms with Gasteiger partial charge in [0.25, 0.3) is 0 Å². The number of nitrogens with zero attached hydrogens (tertiary/aromatic N) is 2. The van der Waals surface area contributed by atoms with Gasteiger partial charge < -0.3 is 4.98 Å². The number of amides is 1. The summed E-state index contributed by atoms with van der Waals surface area (Å²) in [5.41, 5.74) is 5.61. The first-order chi connectivity index (χ1) is 10.7. The molecule has 2 aromatic rings. The highest BCUT2D eigenvalue weighted by Gasteiger charge is 2.22. The second-order valence-corrected chi connectivity index (χ2v) is 6.15. The van der Waals surface area contributed by atoms with Gasteiger partial charge in [-0.1, -0.05) is 13.0 Å². The second kappa shape index (κ2) is 5.19. The zero-order valence-corrected chi connectivity index (χ0v) is 12.8. The molecule has 7 heteroatoms. The number of carbonyl (C=O) groups excluding carboxylic acids is 1. The molecule has 3 heterocycles. The van der Waals surface area contributed by atoms with E-state index in [1.165, 1.54) is 11.9 Å². The van der Waals surface area contributed by atoms with Gasteiger partial charge in [0.05, 0.1) is 5.71 Å². The number of hydrazone groups is 1. The van der Waals surface area contributed by atoms with Crippen LogP contribution in [0.3, 0.4) is 0 Å². The standard InChI is InChI=1S/C15H15N5OS/c1-9-6-14(21)17-18-15(9)10-2-3-12-11(7-10)8-13(16-12)20-4-5-22-19-20/h2-5,7-9,16,19H,6H2,1H3,(H,17,21). The summed E-state index contributed by atoms with van der Waals surface area (Å²) in [5, 5.41) is 9.26. The van der Waals surface area contributed by atoms with Gasteiger partial charge >= 0.3 is 0 Å². The molecule has 1 unspecified atom stereocenters. The third-order valence-corrected chi connectivity index (χ3v) is 4.41. The van der Waals surface area contributed by atoms with Crippen LogP contribution in [0.5, 0.6) is 0 Å². The molecular weight excluding hydrogens is 298 g/mol. The van der Waals surface area contributed by atoms with Crippen LogP contribution in [0.15, 0.2) is 41.0 Å². The van der Waals surface area contributed by atoms with Crippen molar-refractivity contribution in [2.24, 2.45) is 11.0 Å². The van der Waals surface area contributed by atoms with Crippen molar-refractivity contribution in [2.45, 2.75) is 13.3 Å². The van der Waals surface area contributed by atoms with Crippen LogP contribution in [0, 0.1) is 5.92 Å². The van der Waals surface area contributed by atoms with Crippen LogP contribution in [0.2, 0.25) is 0 Å². The highest BCUT2D eigenvalue weighted by molar-refractivity contribution is 8.00. The zero-order valence-electron chi connectivity index (χ0n) is 12.0. The van der Waals surface area contributed by atoms with Gasteiger partial charge in [0, 0.05) is 34.8 Å². The Morgan fingerprint density at radius 1 is 1.36 bits per heavy atom. The van der Waals surface area contributed by atoms with E-state index in [4.69, 9.17) is 0 Å². The monoisotopic (exact) mass is 313 g/mol. The van der Waals surface area contributed by atoms with E-state index in [0.29, 0.717) is 6.42 Å². The molecule has 0 saturated heterocycles. The van der Waals surface area contributed by atoms with E-state index < -0.39 is 0 Å². The average Bonchev–Trinajstić information content (AvgIpc) is 3.15. The predicted molar refractivity (Wildman–Crippen MR) is 89.1 cm³/mol. The van der Waals surface area contributed by atoms with Crippen LogP contribution in [-0.4, -0.2) is 16.6 Å². The summed E-state index contributed by atoms with van der Waals surface area (Å²) < 4.78 is 0. The Kier molecular flexibility index (Phi) is 3.16. The minimum Gasteiger partial charge on any atom is -0.340 e. The average molecular weight is 313 g/mol. The molecule has 0 fully saturated rings. The molecule has 3 N–H and O–H groups in total. The summed E-state index contributed by atoms with van der Waals surface area (Å²) in [6.45, 7) is 2.03. The summed E-state index contributed by atoms with van der Waals surface area (Å²) in [6.07, 6.45) is 2.45. The highest BCUT2D eigenvalue weighted by atomic mass is 32.2. The number of hydrogen-bond donors (Lipinski definition) is 3. The summed E-state index contributed by atoms with van der Waals surface area (Å²) in [6, 6.07) is 8.29. The van der Waals surface area contributed by atoms with Gasteiger partial charge in [0.2, 0.25) is 5.91 Å². The van der Waals surface area contributed by atoms with Crippen molar-refractivity contribution in [3.05, 3.63) is 41.4 Å². The molecule has 1 aromatic carbocycles. The van der Waals surface area contributed by atoms with Gasteiger partial charge in [0.1, 0.15) is 5.82 Å². The Morgan fingerprint density at radius 2 is 2.27 bits per heavy atom. The maximum absolute atomic E-state index is 11.4. The van der Waals surface area contributed by atoms with Crippen molar-refractivity contribution < 1.29 is 4.79 Å². The normalized spacial score (nSPS) is 21.3. The number of rotatable bonds is 2. The highest BCUT2D eigenvalue weighted by Crippen LogP contribution is 2.26. The lowest BCUT2D eigenvalue weighted by Crippen LogP contribution is -2.31. The Balaban J connectivity index is 1.71. The van der Waals surface area contributed by atoms with Crippen LogP contribution in [-0.2, 0) is 4.79 Å². The van der Waals surface area contributed by atoms with Gasteiger partial charge in [0.15, 0.2) is 0 Å². The van der Waals surface area contributed by atoms with Crippen molar-refractivity contribution in [2.75, 3.05) is 5.01 Å². The molecule has 0 bridgehead atoms. The molecule has 1 amide bonds. The van der Waals surface area contributed by atoms with E-state index in [2.05, 4.69) is 32.5 Å². The summed E-state index contributed by atoms with van der Waals surface area (Å²) >= 11 is 1.53. The van der Waals surface area contributed by atoms with Crippen molar-refractivity contribution in [3.8, 4) is 0 Å². The van der Waals surface area contributed by atoms with E-state index in [1.54, 1.807) is 0 Å². The predicted octanol–water partition coefficient (Wildman–Crippen LogP) is 2.47. The molecule has 6 nitrogen and oxygen atoms in total. The van der Waals surface area contributed by atoms with E-state index in [0.717, 1.165) is 28.0 Å². The molecule has 22 heavy (non-hydrogen) atoms. The van der Waals surface area contributed by atoms with Gasteiger partial charge in [-0.05, 0) is 35.7 Å². The number of carbonyl (C=O) groups is 1. The number of nitrogens with one attached hydrogen (secondary N) is 3. The first kappa shape index (κ1) is 13.4. The lowest BCUT2D eigenvalue weighted by Gasteiger charge is -2.19. The van der Waals surface area contributed by atoms with Gasteiger partial charge in [-0.3, -0.25) is 9.80 Å². The van der Waals surface area contributed by atoms with Crippen molar-refractivity contribution in [1.82, 2.24) is 15.2 Å². The molecule has 4 rings (SSSR count). The summed E-state index contributed by atoms with van der Waals surface area (Å²) in [4.78, 5) is 17.9. The van der Waals surface area contributed by atoms with E-state index in [9.17, 15) is 4.79 Å². The number of aromatic amines is 1. The quantitative estimate of drug-likeness (QED) is 0.745. The lowest BCUT2D eigenvalue weighted by molar-refractivity contribution is -0.121. The molecule has 0 aliphatic carbocycles. The number of fused-ring (bicyclic) bond motifs is 1. The molecule has 1 aromatic heterocycles. The van der Waals surface area contributed by atoms with E-state index in [-0.39, 0.29) is 11.8 Å². The maximum atomic E-state index is 11.4. The Morgan fingerprint density at radius 3 is 3.05 bits per heavy atom. The SMILES string of the molecule is CC1CC(=O)NN=C1c1ccc2[nH]c(N3C=CSN3)cc2c1. The summed E-state index contributed by atoms with van der Waals surface area (Å²) in [7, 11) is 0. The lowest BCUT2D eigenvalue weighted by atomic mass is 9.93. The zero-order chi connectivity index (χ0) is 15.1. The number of aromatic nitrogens is 1. The van der Waals surface area contributed by atoms with Crippen LogP contribution in [0.25, 0.3) is 10.9 Å². The molecular formula is C15H15N5OS. The minimum atomic E-state index is -0.0225. The first-order valence-electron chi connectivity index (χ1n) is 7.07. The third-order valence-electron chi connectivity index (χ3n) is 3.85. The van der Waals surface area contributed by atoms with Crippen LogP contribution in [0.4, 0.5) is 5.82 Å². The van der Waals surface area contributed by atoms with Gasteiger partial charge in [-0.25, -0.2) is 5.43 Å². The molecule has 2 aliphatic rings. The number of benzene rings is 1. The first-order valence-corrected chi connectivity index (χ1v) is 7.95. The number of hydrogen-bond acceptors (Lipinski definition) is 5. The van der Waals surface area contributed by atoms with Crippen LogP contribution in [0.1, 0.15) is 18.9 Å². The molecule has 0 radical (unpaired) electrons. The fourth-order valence-corrected chi connectivity index (χ4v) is 3.26. The molecule has 1 atom stereocenters. The summed E-state index contributed by atoms with van der Waals surface area (Å²) in [5.74, 6) is 1.09. The minimum absolute atomic E-state index is 0.0225. The maximum Gasteiger partial charge on any atom is 0.240 e. The second-order valence-electron chi connectivity index (χ2n) is 5.46. The van der Waals surface area contributed by atoms with Crippen LogP contribution < -0.4 is 15.3 Å². The Labute approximate surface area is 131 Å². The largest absolute Gasteiger partial charge is 0.340 e. The van der Waals surface area contributed by atoms with Crippen molar-refractivity contribution >= 4 is 40.3 Å². The van der Waals surface area contributed by atoms with Crippen molar-refractivity contribution in [3.63, 3.8) is 0 Å². The van der Waals surface area contributed by atoms with E-state index >= 15 is 0 Å². The number of anilines is 1. The van der Waals surface area contributed by atoms with Crippen LogP contribution >= 0.6 is 11.9 Å². The fourth-order valence-electron chi connectivity index (χ4n) is 2.75. The Hall–Kier alpha value is -2.25. The smallest absolute Gasteiger partial charge is 0.240 e. The van der Waals surface area contributed by atoms with Gasteiger partial charge in [-0.2, -0.15) is 9.93 Å². The third kappa shape index (κ3) is 2.28. The number of hydrazine groups is 1. The fraction of sp³-hybridized carbons (Fsp3) is 0.200. The topological polar surface area (TPSA) is 72.5 Å². The van der Waals surface area contributed by atoms with Crippen molar-refractivity contribution in [1.29, 1.82) is 0 Å². The molecule has 0 saturated carbocycles. The molecule has 2 aliphatic heterocycles. The van der Waals surface area contributed by atoms with Gasteiger partial charge in [-0.15, -0.1) is 0 Å². The molecule has 112 valence electrons. The Bertz CT molecular complexity index is 809.